The van der Waals surface area contributed by atoms with E-state index in [9.17, 15) is 9.59 Å². The summed E-state index contributed by atoms with van der Waals surface area (Å²) in [5.74, 6) is -0.453. The van der Waals surface area contributed by atoms with Crippen LogP contribution in [0.25, 0.3) is 0 Å². The molecule has 0 unspecified atom stereocenters. The molecule has 2 N–H and O–H groups in total. The molecule has 5 nitrogen and oxygen atoms in total. The Hall–Kier alpha value is -1.88. The fourth-order valence-corrected chi connectivity index (χ4v) is 2.30. The van der Waals surface area contributed by atoms with E-state index in [1.807, 2.05) is 6.92 Å². The average molecular weight is 276 g/mol. The summed E-state index contributed by atoms with van der Waals surface area (Å²) in [5, 5.41) is 6.09. The summed E-state index contributed by atoms with van der Waals surface area (Å²) >= 11 is 0. The van der Waals surface area contributed by atoms with Crippen LogP contribution < -0.4 is 10.6 Å². The molecule has 0 radical (unpaired) electrons. The number of carbonyl (C=O) groups excluding carboxylic acids is 2. The molecule has 0 spiro atoms. The van der Waals surface area contributed by atoms with Crippen molar-refractivity contribution in [1.29, 1.82) is 0 Å². The number of carbonyl (C=O) groups is 2. The van der Waals surface area contributed by atoms with Gasteiger partial charge >= 0.3 is 5.97 Å². The van der Waals surface area contributed by atoms with Crippen LogP contribution in [-0.4, -0.2) is 31.6 Å². The Morgan fingerprint density at radius 2 is 2.15 bits per heavy atom. The molecule has 1 saturated heterocycles. The van der Waals surface area contributed by atoms with E-state index in [0.29, 0.717) is 11.3 Å². The maximum atomic E-state index is 12.2. The number of amides is 1. The third-order valence-corrected chi connectivity index (χ3v) is 3.54. The number of hydrogen-bond acceptors (Lipinski definition) is 4. The van der Waals surface area contributed by atoms with E-state index in [4.69, 9.17) is 0 Å². The SMILES string of the molecule is COC(=O)c1ccc(C)c(NC(=O)[C@H]2CCCCN2)c1. The fraction of sp³-hybridized carbons (Fsp3) is 0.467. The van der Waals surface area contributed by atoms with Crippen molar-refractivity contribution in [2.45, 2.75) is 32.2 Å². The average Bonchev–Trinajstić information content (AvgIpc) is 2.49. The summed E-state index contributed by atoms with van der Waals surface area (Å²) in [6.07, 6.45) is 3.02. The van der Waals surface area contributed by atoms with Gasteiger partial charge in [-0.1, -0.05) is 12.5 Å². The van der Waals surface area contributed by atoms with Gasteiger partial charge in [0.15, 0.2) is 0 Å². The molecule has 0 aromatic heterocycles. The molecule has 1 aliphatic rings. The minimum Gasteiger partial charge on any atom is -0.465 e. The molecule has 5 heteroatoms. The lowest BCUT2D eigenvalue weighted by atomic mass is 10.0. The molecular formula is C15H20N2O3. The second kappa shape index (κ2) is 6.52. The summed E-state index contributed by atoms with van der Waals surface area (Å²) in [5.41, 5.74) is 2.01. The zero-order valence-corrected chi connectivity index (χ0v) is 11.9. The Morgan fingerprint density at radius 1 is 1.35 bits per heavy atom. The Balaban J connectivity index is 2.11. The lowest BCUT2D eigenvalue weighted by Gasteiger charge is -2.23. The number of ether oxygens (including phenoxy) is 1. The molecule has 2 rings (SSSR count). The van der Waals surface area contributed by atoms with Gasteiger partial charge in [0, 0.05) is 5.69 Å². The lowest BCUT2D eigenvalue weighted by Crippen LogP contribution is -2.43. The summed E-state index contributed by atoms with van der Waals surface area (Å²) in [6, 6.07) is 5.00. The Morgan fingerprint density at radius 3 is 2.80 bits per heavy atom. The van der Waals surface area contributed by atoms with Gasteiger partial charge in [-0.2, -0.15) is 0 Å². The summed E-state index contributed by atoms with van der Waals surface area (Å²) < 4.78 is 4.69. The molecule has 1 aliphatic heterocycles. The number of anilines is 1. The molecule has 108 valence electrons. The van der Waals surface area contributed by atoms with Gasteiger partial charge in [-0.25, -0.2) is 4.79 Å². The predicted molar refractivity (Wildman–Crippen MR) is 76.8 cm³/mol. The highest BCUT2D eigenvalue weighted by molar-refractivity contribution is 5.97. The summed E-state index contributed by atoms with van der Waals surface area (Å²) in [4.78, 5) is 23.7. The number of nitrogens with one attached hydrogen (secondary N) is 2. The van der Waals surface area contributed by atoms with Gasteiger partial charge in [-0.05, 0) is 44.0 Å². The zero-order valence-electron chi connectivity index (χ0n) is 11.9. The second-order valence-electron chi connectivity index (χ2n) is 5.01. The van der Waals surface area contributed by atoms with Gasteiger partial charge in [-0.3, -0.25) is 4.79 Å². The van der Waals surface area contributed by atoms with Gasteiger partial charge in [0.05, 0.1) is 18.7 Å². The smallest absolute Gasteiger partial charge is 0.337 e. The third kappa shape index (κ3) is 3.36. The van der Waals surface area contributed by atoms with Crippen molar-refractivity contribution in [3.8, 4) is 0 Å². The molecule has 1 amide bonds. The molecule has 20 heavy (non-hydrogen) atoms. The lowest BCUT2D eigenvalue weighted by molar-refractivity contribution is -0.118. The number of piperidine rings is 1. The van der Waals surface area contributed by atoms with E-state index in [0.717, 1.165) is 31.4 Å². The van der Waals surface area contributed by atoms with Crippen molar-refractivity contribution in [3.05, 3.63) is 29.3 Å². The Bertz CT molecular complexity index is 508. The van der Waals surface area contributed by atoms with E-state index in [-0.39, 0.29) is 11.9 Å². The molecule has 1 heterocycles. The minimum absolute atomic E-state index is 0.0465. The van der Waals surface area contributed by atoms with E-state index >= 15 is 0 Å². The van der Waals surface area contributed by atoms with Crippen LogP contribution in [0.1, 0.15) is 35.2 Å². The van der Waals surface area contributed by atoms with Crippen LogP contribution in [0.5, 0.6) is 0 Å². The Labute approximate surface area is 118 Å². The van der Waals surface area contributed by atoms with E-state index < -0.39 is 5.97 Å². The molecular weight excluding hydrogens is 256 g/mol. The maximum Gasteiger partial charge on any atom is 0.337 e. The van der Waals surface area contributed by atoms with Crippen molar-refractivity contribution in [2.75, 3.05) is 19.0 Å². The van der Waals surface area contributed by atoms with Crippen LogP contribution in [-0.2, 0) is 9.53 Å². The number of benzene rings is 1. The molecule has 0 aliphatic carbocycles. The van der Waals surface area contributed by atoms with Crippen molar-refractivity contribution in [1.82, 2.24) is 5.32 Å². The van der Waals surface area contributed by atoms with Crippen molar-refractivity contribution < 1.29 is 14.3 Å². The zero-order chi connectivity index (χ0) is 14.5. The molecule has 1 aromatic rings. The van der Waals surface area contributed by atoms with Crippen molar-refractivity contribution >= 4 is 17.6 Å². The number of aryl methyl sites for hydroxylation is 1. The van der Waals surface area contributed by atoms with Gasteiger partial charge in [0.1, 0.15) is 0 Å². The number of methoxy groups -OCH3 is 1. The maximum absolute atomic E-state index is 12.2. The first-order valence-electron chi connectivity index (χ1n) is 6.85. The highest BCUT2D eigenvalue weighted by Gasteiger charge is 2.21. The van der Waals surface area contributed by atoms with Crippen LogP contribution in [0.4, 0.5) is 5.69 Å². The van der Waals surface area contributed by atoms with Crippen LogP contribution in [0.15, 0.2) is 18.2 Å². The fourth-order valence-electron chi connectivity index (χ4n) is 2.30. The summed E-state index contributed by atoms with van der Waals surface area (Å²) in [7, 11) is 1.34. The minimum atomic E-state index is -0.406. The third-order valence-electron chi connectivity index (χ3n) is 3.54. The second-order valence-corrected chi connectivity index (χ2v) is 5.01. The highest BCUT2D eigenvalue weighted by atomic mass is 16.5. The van der Waals surface area contributed by atoms with Crippen LogP contribution >= 0.6 is 0 Å². The van der Waals surface area contributed by atoms with Crippen LogP contribution in [0.2, 0.25) is 0 Å². The molecule has 1 aromatic carbocycles. The topological polar surface area (TPSA) is 67.4 Å². The molecule has 0 bridgehead atoms. The largest absolute Gasteiger partial charge is 0.465 e. The molecule has 1 fully saturated rings. The van der Waals surface area contributed by atoms with Gasteiger partial charge in [-0.15, -0.1) is 0 Å². The van der Waals surface area contributed by atoms with Crippen LogP contribution in [0, 0.1) is 6.92 Å². The van der Waals surface area contributed by atoms with Crippen molar-refractivity contribution in [2.24, 2.45) is 0 Å². The number of esters is 1. The van der Waals surface area contributed by atoms with Gasteiger partial charge < -0.3 is 15.4 Å². The monoisotopic (exact) mass is 276 g/mol. The van der Waals surface area contributed by atoms with Crippen LogP contribution in [0.3, 0.4) is 0 Å². The van der Waals surface area contributed by atoms with Crippen molar-refractivity contribution in [3.63, 3.8) is 0 Å². The quantitative estimate of drug-likeness (QED) is 0.827. The molecule has 1 atom stereocenters. The first kappa shape index (κ1) is 14.5. The first-order valence-corrected chi connectivity index (χ1v) is 6.85. The molecule has 0 saturated carbocycles. The van der Waals surface area contributed by atoms with Gasteiger partial charge in [0.25, 0.3) is 0 Å². The summed E-state index contributed by atoms with van der Waals surface area (Å²) in [6.45, 7) is 2.77. The first-order chi connectivity index (χ1) is 9.61. The standard InChI is InChI=1S/C15H20N2O3/c1-10-6-7-11(15(19)20-2)9-13(10)17-14(18)12-5-3-4-8-16-12/h6-7,9,12,16H,3-5,8H2,1-2H3,(H,17,18)/t12-/m1/s1. The van der Waals surface area contributed by atoms with E-state index in [1.54, 1.807) is 18.2 Å². The highest BCUT2D eigenvalue weighted by Crippen LogP contribution is 2.19. The normalized spacial score (nSPS) is 18.4. The number of hydrogen-bond donors (Lipinski definition) is 2. The number of rotatable bonds is 3. The van der Waals surface area contributed by atoms with Gasteiger partial charge in [0.2, 0.25) is 5.91 Å². The van der Waals surface area contributed by atoms with E-state index in [2.05, 4.69) is 15.4 Å². The Kier molecular flexibility index (Phi) is 4.74. The predicted octanol–water partition coefficient (Wildman–Crippen LogP) is 1.86. The van der Waals surface area contributed by atoms with E-state index in [1.165, 1.54) is 7.11 Å².